The van der Waals surface area contributed by atoms with Gasteiger partial charge in [-0.3, -0.25) is 9.59 Å². The second-order valence-electron chi connectivity index (χ2n) is 5.90. The minimum absolute atomic E-state index is 0.0293. The zero-order valence-electron chi connectivity index (χ0n) is 13.1. The Morgan fingerprint density at radius 1 is 0.957 bits per heavy atom. The smallest absolute Gasteiger partial charge is 0.193 e. The Kier molecular flexibility index (Phi) is 3.04. The summed E-state index contributed by atoms with van der Waals surface area (Å²) in [5, 5.41) is 0. The second kappa shape index (κ2) is 4.98. The van der Waals surface area contributed by atoms with E-state index in [0.717, 1.165) is 35.5 Å². The number of carbonyl (C=O) groups is 1. The lowest BCUT2D eigenvalue weighted by Gasteiger charge is -2.26. The van der Waals surface area contributed by atoms with Crippen molar-refractivity contribution in [3.8, 4) is 22.8 Å². The molecule has 23 heavy (non-hydrogen) atoms. The minimum Gasteiger partial charge on any atom is -0.493 e. The van der Waals surface area contributed by atoms with Crippen LogP contribution in [0.25, 0.3) is 11.3 Å². The zero-order valence-corrected chi connectivity index (χ0v) is 13.1. The van der Waals surface area contributed by atoms with Gasteiger partial charge < -0.3 is 14.0 Å². The van der Waals surface area contributed by atoms with Crippen LogP contribution in [0.4, 0.5) is 0 Å². The van der Waals surface area contributed by atoms with Crippen molar-refractivity contribution >= 4 is 5.78 Å². The number of rotatable bonds is 2. The lowest BCUT2D eigenvalue weighted by Crippen LogP contribution is -2.23. The number of hydrogen-bond donors (Lipinski definition) is 0. The molecule has 0 saturated carbocycles. The van der Waals surface area contributed by atoms with E-state index < -0.39 is 0 Å². The average molecular weight is 311 g/mol. The van der Waals surface area contributed by atoms with Crippen LogP contribution in [0.1, 0.15) is 28.0 Å². The summed E-state index contributed by atoms with van der Waals surface area (Å²) in [4.78, 5) is 24.3. The van der Waals surface area contributed by atoms with Crippen molar-refractivity contribution < 1.29 is 14.3 Å². The van der Waals surface area contributed by atoms with Crippen LogP contribution in [0.3, 0.4) is 0 Å². The number of fused-ring (bicyclic) bond motifs is 5. The summed E-state index contributed by atoms with van der Waals surface area (Å²) in [5.74, 6) is 1.31. The Morgan fingerprint density at radius 2 is 1.70 bits per heavy atom. The number of methoxy groups -OCH3 is 2. The molecular weight excluding hydrogens is 294 g/mol. The highest BCUT2D eigenvalue weighted by molar-refractivity contribution is 6.00. The number of Topliss-reactive ketones (excluding diaryl/α,β-unsaturated/α-hetero) is 1. The van der Waals surface area contributed by atoms with E-state index in [0.29, 0.717) is 29.9 Å². The quantitative estimate of drug-likeness (QED) is 0.853. The van der Waals surface area contributed by atoms with Crippen LogP contribution in [0.2, 0.25) is 0 Å². The molecule has 5 nitrogen and oxygen atoms in total. The first-order valence-corrected chi connectivity index (χ1v) is 7.69. The van der Waals surface area contributed by atoms with E-state index in [1.165, 1.54) is 0 Å². The number of pyridine rings is 1. The number of ether oxygens (including phenoxy) is 2. The molecule has 1 aromatic carbocycles. The molecule has 0 radical (unpaired) electrons. The van der Waals surface area contributed by atoms with Crippen LogP contribution in [-0.4, -0.2) is 24.6 Å². The lowest BCUT2D eigenvalue weighted by atomic mass is 9.95. The molecule has 0 spiro atoms. The zero-order chi connectivity index (χ0) is 16.1. The van der Waals surface area contributed by atoms with Crippen molar-refractivity contribution in [1.82, 2.24) is 4.57 Å². The first-order chi connectivity index (χ1) is 11.1. The van der Waals surface area contributed by atoms with Gasteiger partial charge in [0.1, 0.15) is 0 Å². The summed E-state index contributed by atoms with van der Waals surface area (Å²) in [6.45, 7) is 0.772. The van der Waals surface area contributed by atoms with Gasteiger partial charge in [-0.15, -0.1) is 0 Å². The maximum atomic E-state index is 12.4. The van der Waals surface area contributed by atoms with Gasteiger partial charge in [-0.2, -0.15) is 0 Å². The fraction of sp³-hybridized carbons (Fsp3) is 0.333. The summed E-state index contributed by atoms with van der Waals surface area (Å²) in [6.07, 6.45) is 1.93. The van der Waals surface area contributed by atoms with E-state index >= 15 is 0 Å². The monoisotopic (exact) mass is 311 g/mol. The normalized spacial score (nSPS) is 15.0. The SMILES string of the molecule is COc1cc2c(cc1OC)-c1cc(=O)c3c(n1CC2)CCC3=O. The van der Waals surface area contributed by atoms with Crippen LogP contribution in [-0.2, 0) is 19.4 Å². The molecule has 0 bridgehead atoms. The van der Waals surface area contributed by atoms with Crippen LogP contribution in [0.5, 0.6) is 11.5 Å². The predicted octanol–water partition coefficient (Wildman–Crippen LogP) is 2.22. The summed E-state index contributed by atoms with van der Waals surface area (Å²) in [7, 11) is 3.21. The van der Waals surface area contributed by atoms with Gasteiger partial charge in [0.05, 0.1) is 25.5 Å². The van der Waals surface area contributed by atoms with Crippen LogP contribution in [0.15, 0.2) is 23.0 Å². The van der Waals surface area contributed by atoms with Gasteiger partial charge in [-0.05, 0) is 30.5 Å². The summed E-state index contributed by atoms with van der Waals surface area (Å²) in [5.41, 5.74) is 4.08. The molecule has 0 saturated heterocycles. The van der Waals surface area contributed by atoms with Crippen molar-refractivity contribution in [2.75, 3.05) is 14.2 Å². The topological polar surface area (TPSA) is 57.5 Å². The Morgan fingerprint density at radius 3 is 2.43 bits per heavy atom. The molecule has 5 heteroatoms. The summed E-state index contributed by atoms with van der Waals surface area (Å²) in [6, 6.07) is 5.48. The van der Waals surface area contributed by atoms with E-state index in [4.69, 9.17) is 9.47 Å². The molecule has 0 atom stereocenters. The Hall–Kier alpha value is -2.56. The molecule has 118 valence electrons. The van der Waals surface area contributed by atoms with Crippen LogP contribution >= 0.6 is 0 Å². The molecule has 2 heterocycles. The maximum Gasteiger partial charge on any atom is 0.193 e. The van der Waals surface area contributed by atoms with E-state index in [9.17, 15) is 9.59 Å². The summed E-state index contributed by atoms with van der Waals surface area (Å²) >= 11 is 0. The van der Waals surface area contributed by atoms with Gasteiger partial charge in [0.15, 0.2) is 22.7 Å². The third-order valence-corrected chi connectivity index (χ3v) is 4.78. The molecule has 1 aliphatic heterocycles. The molecular formula is C18H17NO4. The van der Waals surface area contributed by atoms with Crippen molar-refractivity contribution in [3.05, 3.63) is 45.2 Å². The van der Waals surface area contributed by atoms with Gasteiger partial charge in [0.2, 0.25) is 0 Å². The fourth-order valence-electron chi connectivity index (χ4n) is 3.69. The van der Waals surface area contributed by atoms with Crippen LogP contribution in [0, 0.1) is 0 Å². The maximum absolute atomic E-state index is 12.4. The molecule has 0 N–H and O–H groups in total. The molecule has 1 aliphatic carbocycles. The Bertz CT molecular complexity index is 895. The highest BCUT2D eigenvalue weighted by Gasteiger charge is 2.29. The number of nitrogens with zero attached hydrogens (tertiary/aromatic N) is 1. The third kappa shape index (κ3) is 1.92. The van der Waals surface area contributed by atoms with Gasteiger partial charge >= 0.3 is 0 Å². The van der Waals surface area contributed by atoms with Crippen molar-refractivity contribution in [2.24, 2.45) is 0 Å². The molecule has 1 aromatic heterocycles. The largest absolute Gasteiger partial charge is 0.493 e. The minimum atomic E-state index is -0.170. The van der Waals surface area contributed by atoms with E-state index in [2.05, 4.69) is 4.57 Å². The second-order valence-corrected chi connectivity index (χ2v) is 5.90. The lowest BCUT2D eigenvalue weighted by molar-refractivity contribution is 0.0993. The fourth-order valence-corrected chi connectivity index (χ4v) is 3.69. The Labute approximate surface area is 133 Å². The molecule has 0 amide bonds. The van der Waals surface area contributed by atoms with E-state index in [1.807, 2.05) is 12.1 Å². The van der Waals surface area contributed by atoms with Gasteiger partial charge in [-0.1, -0.05) is 0 Å². The average Bonchev–Trinajstić information content (AvgIpc) is 2.96. The van der Waals surface area contributed by atoms with Crippen molar-refractivity contribution in [3.63, 3.8) is 0 Å². The first kappa shape index (κ1) is 14.1. The third-order valence-electron chi connectivity index (χ3n) is 4.78. The number of aryl methyl sites for hydroxylation is 1. The van der Waals surface area contributed by atoms with E-state index in [-0.39, 0.29) is 11.2 Å². The molecule has 2 aliphatic rings. The number of aromatic nitrogens is 1. The van der Waals surface area contributed by atoms with Gasteiger partial charge in [-0.25, -0.2) is 0 Å². The predicted molar refractivity (Wildman–Crippen MR) is 85.6 cm³/mol. The van der Waals surface area contributed by atoms with Crippen LogP contribution < -0.4 is 14.9 Å². The molecule has 2 aromatic rings. The Balaban J connectivity index is 1.99. The number of ketones is 1. The first-order valence-electron chi connectivity index (χ1n) is 7.69. The number of hydrogen-bond acceptors (Lipinski definition) is 4. The van der Waals surface area contributed by atoms with Crippen molar-refractivity contribution in [1.29, 1.82) is 0 Å². The van der Waals surface area contributed by atoms with Gasteiger partial charge in [0, 0.05) is 30.3 Å². The number of carbonyl (C=O) groups excluding carboxylic acids is 1. The number of benzene rings is 1. The highest BCUT2D eigenvalue weighted by atomic mass is 16.5. The highest BCUT2D eigenvalue weighted by Crippen LogP contribution is 2.39. The van der Waals surface area contributed by atoms with Crippen molar-refractivity contribution in [2.45, 2.75) is 25.8 Å². The standard InChI is InChI=1S/C18H17NO4/c1-22-16-7-10-5-6-19-12-3-4-14(20)18(12)15(21)9-13(19)11(10)8-17(16)23-2/h7-9H,3-6H2,1-2H3. The molecule has 0 fully saturated rings. The van der Waals surface area contributed by atoms with E-state index in [1.54, 1.807) is 20.3 Å². The molecule has 0 unspecified atom stereocenters. The summed E-state index contributed by atoms with van der Waals surface area (Å²) < 4.78 is 12.9. The molecule has 4 rings (SSSR count). The van der Waals surface area contributed by atoms with Gasteiger partial charge in [0.25, 0.3) is 0 Å².